The second-order valence-corrected chi connectivity index (χ2v) is 4.04. The summed E-state index contributed by atoms with van der Waals surface area (Å²) in [6, 6.07) is 3.37. The number of alkyl halides is 5. The molecule has 0 aliphatic rings. The van der Waals surface area contributed by atoms with E-state index in [1.54, 1.807) is 0 Å². The van der Waals surface area contributed by atoms with Crippen LogP contribution in [0.15, 0.2) is 23.1 Å². The zero-order chi connectivity index (χ0) is 12.3. The highest BCUT2D eigenvalue weighted by Crippen LogP contribution is 2.32. The highest BCUT2D eigenvalue weighted by atomic mass is 32.2. The molecule has 0 aliphatic carbocycles. The van der Waals surface area contributed by atoms with Crippen molar-refractivity contribution in [1.82, 2.24) is 0 Å². The van der Waals surface area contributed by atoms with E-state index in [-0.39, 0.29) is 16.1 Å². The minimum absolute atomic E-state index is 0.192. The molecule has 0 spiro atoms. The molecule has 0 aromatic heterocycles. The van der Waals surface area contributed by atoms with Crippen molar-refractivity contribution < 1.29 is 22.0 Å². The summed E-state index contributed by atoms with van der Waals surface area (Å²) in [5.74, 6) is -1.07. The number of halogens is 5. The first-order chi connectivity index (χ1) is 7.29. The van der Waals surface area contributed by atoms with Crippen molar-refractivity contribution in [3.63, 3.8) is 0 Å². The first-order valence-corrected chi connectivity index (χ1v) is 5.15. The van der Waals surface area contributed by atoms with Gasteiger partial charge in [-0.15, -0.1) is 11.8 Å². The standard InChI is InChI=1S/C9H8F5NS/c10-8(11)6-2-1-5(3-7(6)15)16-4-9(12,13)14/h1-3,8H,4,15H2. The second kappa shape index (κ2) is 4.90. The van der Waals surface area contributed by atoms with Crippen molar-refractivity contribution in [2.45, 2.75) is 17.5 Å². The van der Waals surface area contributed by atoms with E-state index in [0.29, 0.717) is 11.8 Å². The first-order valence-electron chi connectivity index (χ1n) is 4.17. The maximum absolute atomic E-state index is 12.3. The predicted molar refractivity (Wildman–Crippen MR) is 52.6 cm³/mol. The molecule has 1 aromatic rings. The third-order valence-electron chi connectivity index (χ3n) is 1.70. The number of rotatable bonds is 3. The molecular formula is C9H8F5NS. The van der Waals surface area contributed by atoms with Crippen LogP contribution in [0, 0.1) is 0 Å². The third-order valence-corrected chi connectivity index (χ3v) is 2.75. The lowest BCUT2D eigenvalue weighted by Gasteiger charge is -2.08. The van der Waals surface area contributed by atoms with Crippen molar-refractivity contribution in [1.29, 1.82) is 0 Å². The predicted octanol–water partition coefficient (Wildman–Crippen LogP) is 3.86. The summed E-state index contributed by atoms with van der Waals surface area (Å²) in [4.78, 5) is 0.222. The molecule has 2 N–H and O–H groups in total. The van der Waals surface area contributed by atoms with E-state index in [4.69, 9.17) is 5.73 Å². The molecule has 90 valence electrons. The van der Waals surface area contributed by atoms with Crippen LogP contribution in [0.25, 0.3) is 0 Å². The van der Waals surface area contributed by atoms with Crippen molar-refractivity contribution in [3.05, 3.63) is 23.8 Å². The summed E-state index contributed by atoms with van der Waals surface area (Å²) in [5.41, 5.74) is 4.73. The molecule has 0 atom stereocenters. The van der Waals surface area contributed by atoms with Gasteiger partial charge in [-0.25, -0.2) is 8.78 Å². The number of hydrogen-bond donors (Lipinski definition) is 1. The Bertz CT molecular complexity index is 363. The smallest absolute Gasteiger partial charge is 0.398 e. The summed E-state index contributed by atoms with van der Waals surface area (Å²) in [7, 11) is 0. The molecule has 16 heavy (non-hydrogen) atoms. The Morgan fingerprint density at radius 1 is 1.25 bits per heavy atom. The zero-order valence-electron chi connectivity index (χ0n) is 7.89. The van der Waals surface area contributed by atoms with Gasteiger partial charge < -0.3 is 5.73 Å². The molecule has 0 saturated carbocycles. The number of thioether (sulfide) groups is 1. The number of anilines is 1. The molecule has 1 rings (SSSR count). The van der Waals surface area contributed by atoms with Crippen LogP contribution in [0.2, 0.25) is 0 Å². The van der Waals surface area contributed by atoms with Gasteiger partial charge in [0.05, 0.1) is 5.75 Å². The third kappa shape index (κ3) is 3.88. The number of nitrogen functional groups attached to an aromatic ring is 1. The highest BCUT2D eigenvalue weighted by molar-refractivity contribution is 7.99. The van der Waals surface area contributed by atoms with Crippen LogP contribution in [0.1, 0.15) is 12.0 Å². The fraction of sp³-hybridized carbons (Fsp3) is 0.333. The quantitative estimate of drug-likeness (QED) is 0.505. The average molecular weight is 257 g/mol. The van der Waals surface area contributed by atoms with E-state index in [9.17, 15) is 22.0 Å². The van der Waals surface area contributed by atoms with Crippen molar-refractivity contribution in [3.8, 4) is 0 Å². The number of benzene rings is 1. The molecule has 0 radical (unpaired) electrons. The van der Waals surface area contributed by atoms with E-state index in [1.807, 2.05) is 0 Å². The summed E-state index contributed by atoms with van der Waals surface area (Å²) in [6.07, 6.45) is -7.01. The summed E-state index contributed by atoms with van der Waals surface area (Å²) in [5, 5.41) is 0. The van der Waals surface area contributed by atoms with Gasteiger partial charge in [0, 0.05) is 16.1 Å². The molecule has 0 amide bonds. The van der Waals surface area contributed by atoms with E-state index in [2.05, 4.69) is 0 Å². The molecule has 0 aliphatic heterocycles. The topological polar surface area (TPSA) is 26.0 Å². The van der Waals surface area contributed by atoms with Gasteiger partial charge >= 0.3 is 6.18 Å². The van der Waals surface area contributed by atoms with Gasteiger partial charge in [0.1, 0.15) is 0 Å². The molecule has 0 fully saturated rings. The molecular weight excluding hydrogens is 249 g/mol. The Kier molecular flexibility index (Phi) is 4.01. The molecule has 0 saturated heterocycles. The molecule has 0 heterocycles. The van der Waals surface area contributed by atoms with Gasteiger partial charge in [-0.3, -0.25) is 0 Å². The second-order valence-electron chi connectivity index (χ2n) is 3.00. The van der Waals surface area contributed by atoms with Crippen molar-refractivity contribution in [2.24, 2.45) is 0 Å². The number of nitrogens with two attached hydrogens (primary N) is 1. The maximum atomic E-state index is 12.3. The molecule has 7 heteroatoms. The Morgan fingerprint density at radius 2 is 1.88 bits per heavy atom. The largest absolute Gasteiger partial charge is 0.398 e. The van der Waals surface area contributed by atoms with Crippen LogP contribution in [0.4, 0.5) is 27.6 Å². The molecule has 1 aromatic carbocycles. The minimum Gasteiger partial charge on any atom is -0.398 e. The van der Waals surface area contributed by atoms with Crippen molar-refractivity contribution >= 4 is 17.4 Å². The van der Waals surface area contributed by atoms with Crippen LogP contribution in [0.5, 0.6) is 0 Å². The van der Waals surface area contributed by atoms with Gasteiger partial charge in [0.2, 0.25) is 0 Å². The van der Waals surface area contributed by atoms with Crippen LogP contribution in [0.3, 0.4) is 0 Å². The van der Waals surface area contributed by atoms with E-state index in [0.717, 1.165) is 12.1 Å². The zero-order valence-corrected chi connectivity index (χ0v) is 8.71. The highest BCUT2D eigenvalue weighted by Gasteiger charge is 2.27. The van der Waals surface area contributed by atoms with Crippen LogP contribution >= 0.6 is 11.8 Å². The van der Waals surface area contributed by atoms with Crippen LogP contribution < -0.4 is 5.73 Å². The summed E-state index contributed by atoms with van der Waals surface area (Å²) < 4.78 is 60.2. The fourth-order valence-corrected chi connectivity index (χ4v) is 1.71. The monoisotopic (exact) mass is 257 g/mol. The van der Waals surface area contributed by atoms with Gasteiger partial charge in [0.25, 0.3) is 6.43 Å². The van der Waals surface area contributed by atoms with Gasteiger partial charge in [-0.05, 0) is 12.1 Å². The van der Waals surface area contributed by atoms with E-state index >= 15 is 0 Å². The van der Waals surface area contributed by atoms with Crippen LogP contribution in [-0.4, -0.2) is 11.9 Å². The van der Waals surface area contributed by atoms with Gasteiger partial charge in [-0.2, -0.15) is 13.2 Å². The molecule has 0 unspecified atom stereocenters. The Balaban J connectivity index is 2.74. The first kappa shape index (κ1) is 13.1. The van der Waals surface area contributed by atoms with Crippen molar-refractivity contribution in [2.75, 3.05) is 11.5 Å². The van der Waals surface area contributed by atoms with Gasteiger partial charge in [-0.1, -0.05) is 6.07 Å². The Labute approximate surface area is 92.8 Å². The fourth-order valence-electron chi connectivity index (χ4n) is 1.01. The maximum Gasteiger partial charge on any atom is 0.398 e. The van der Waals surface area contributed by atoms with Crippen LogP contribution in [-0.2, 0) is 0 Å². The summed E-state index contributed by atoms with van der Waals surface area (Å²) >= 11 is 0.512. The lowest BCUT2D eigenvalue weighted by atomic mass is 10.2. The lowest BCUT2D eigenvalue weighted by Crippen LogP contribution is -2.10. The number of hydrogen-bond acceptors (Lipinski definition) is 2. The minimum atomic E-state index is -4.29. The molecule has 1 nitrogen and oxygen atoms in total. The van der Waals surface area contributed by atoms with Gasteiger partial charge in [0.15, 0.2) is 0 Å². The SMILES string of the molecule is Nc1cc(SCC(F)(F)F)ccc1C(F)F. The summed E-state index contributed by atoms with van der Waals surface area (Å²) in [6.45, 7) is 0. The Hall–Kier alpha value is -0.980. The van der Waals surface area contributed by atoms with E-state index in [1.165, 1.54) is 6.07 Å². The lowest BCUT2D eigenvalue weighted by molar-refractivity contribution is -0.105. The Morgan fingerprint density at radius 3 is 2.31 bits per heavy atom. The average Bonchev–Trinajstić information content (AvgIpc) is 2.13. The molecule has 0 bridgehead atoms. The van der Waals surface area contributed by atoms with E-state index < -0.39 is 18.4 Å². The normalized spacial score (nSPS) is 12.1.